The summed E-state index contributed by atoms with van der Waals surface area (Å²) in [5.74, 6) is -1.36. The summed E-state index contributed by atoms with van der Waals surface area (Å²) in [5, 5.41) is 33.0. The maximum absolute atomic E-state index is 11.4. The average molecular weight is 637 g/mol. The van der Waals surface area contributed by atoms with Crippen LogP contribution in [0.5, 0.6) is 23.0 Å². The lowest BCUT2D eigenvalue weighted by molar-refractivity contribution is 0.0513. The summed E-state index contributed by atoms with van der Waals surface area (Å²) in [4.78, 5) is 45.1. The Kier molecular flexibility index (Phi) is 15.3. The standard InChI is InChI=1S/C16H23NO6.C15H21NO6/c1-16(2,3)23-15(20)17-6-5-7-22-13-9-11(14(19)21-4)8-12(18)10-13;1-15(2,3)22-14(20)16-5-4-6-21-12-8-10(13(18)19)7-11(17)9-12/h8-10,18H,5-7H2,1-4H3,(H,17,20);7-9,17H,4-6H2,1-3H3,(H,16,20)(H,18,19). The Hall–Kier alpha value is -4.88. The number of rotatable bonds is 12. The number of phenolic OH excluding ortho intramolecular Hbond substituents is 2. The molecule has 5 N–H and O–H groups in total. The van der Waals surface area contributed by atoms with E-state index in [0.717, 1.165) is 6.07 Å². The second kappa shape index (κ2) is 18.0. The van der Waals surface area contributed by atoms with Crippen LogP contribution in [0.1, 0.15) is 75.1 Å². The molecule has 14 nitrogen and oxygen atoms in total. The van der Waals surface area contributed by atoms with E-state index in [1.54, 1.807) is 41.5 Å². The summed E-state index contributed by atoms with van der Waals surface area (Å²) < 4.78 is 25.5. The molecule has 14 heteroatoms. The van der Waals surface area contributed by atoms with E-state index in [-0.39, 0.29) is 35.0 Å². The molecule has 0 aromatic heterocycles. The fourth-order valence-electron chi connectivity index (χ4n) is 3.23. The molecule has 0 saturated carbocycles. The first-order valence-electron chi connectivity index (χ1n) is 14.1. The van der Waals surface area contributed by atoms with Gasteiger partial charge in [-0.3, -0.25) is 0 Å². The second-order valence-electron chi connectivity index (χ2n) is 11.5. The van der Waals surface area contributed by atoms with Gasteiger partial charge in [0.1, 0.15) is 34.2 Å². The molecular weight excluding hydrogens is 592 g/mol. The number of carboxylic acid groups (broad SMARTS) is 1. The Morgan fingerprint density at radius 3 is 1.44 bits per heavy atom. The van der Waals surface area contributed by atoms with Crippen molar-refractivity contribution in [1.29, 1.82) is 0 Å². The Balaban J connectivity index is 0.000000450. The molecule has 2 aromatic carbocycles. The normalized spacial score (nSPS) is 10.8. The van der Waals surface area contributed by atoms with E-state index in [0.29, 0.717) is 38.3 Å². The Bertz CT molecular complexity index is 1280. The number of amides is 2. The van der Waals surface area contributed by atoms with Gasteiger partial charge in [-0.25, -0.2) is 19.2 Å². The zero-order chi connectivity index (χ0) is 34.2. The third-order valence-corrected chi connectivity index (χ3v) is 4.97. The van der Waals surface area contributed by atoms with Crippen LogP contribution >= 0.6 is 0 Å². The lowest BCUT2D eigenvalue weighted by atomic mass is 10.2. The highest BCUT2D eigenvalue weighted by Crippen LogP contribution is 2.23. The van der Waals surface area contributed by atoms with Gasteiger partial charge in [-0.05, 0) is 78.6 Å². The molecule has 0 heterocycles. The van der Waals surface area contributed by atoms with Crippen molar-refractivity contribution in [2.24, 2.45) is 0 Å². The molecule has 2 rings (SSSR count). The van der Waals surface area contributed by atoms with Gasteiger partial charge < -0.3 is 49.6 Å². The number of methoxy groups -OCH3 is 1. The van der Waals surface area contributed by atoms with Crippen molar-refractivity contribution < 1.29 is 58.2 Å². The minimum Gasteiger partial charge on any atom is -0.508 e. The van der Waals surface area contributed by atoms with E-state index in [1.165, 1.54) is 37.4 Å². The van der Waals surface area contributed by atoms with E-state index >= 15 is 0 Å². The predicted molar refractivity (Wildman–Crippen MR) is 163 cm³/mol. The van der Waals surface area contributed by atoms with Crippen molar-refractivity contribution in [3.63, 3.8) is 0 Å². The summed E-state index contributed by atoms with van der Waals surface area (Å²) in [5.41, 5.74) is -0.932. The fraction of sp³-hybridized carbons (Fsp3) is 0.484. The SMILES string of the molecule is CC(C)(C)OC(=O)NCCCOc1cc(O)cc(C(=O)O)c1.COC(=O)c1cc(O)cc(OCCCNC(=O)OC(C)(C)C)c1. The molecule has 0 bridgehead atoms. The van der Waals surface area contributed by atoms with Crippen LogP contribution in [0, 0.1) is 0 Å². The molecule has 0 fully saturated rings. The molecule has 2 amide bonds. The number of benzene rings is 2. The number of carbonyl (C=O) groups is 4. The van der Waals surface area contributed by atoms with Crippen LogP contribution in [0.25, 0.3) is 0 Å². The predicted octanol–water partition coefficient (Wildman–Crippen LogP) is 4.86. The number of aromatic carboxylic acids is 1. The third-order valence-electron chi connectivity index (χ3n) is 4.97. The first-order valence-corrected chi connectivity index (χ1v) is 14.1. The van der Waals surface area contributed by atoms with Gasteiger partial charge in [0.25, 0.3) is 0 Å². The van der Waals surface area contributed by atoms with Crippen LogP contribution in [0.3, 0.4) is 0 Å². The van der Waals surface area contributed by atoms with Crippen LogP contribution in [-0.2, 0) is 14.2 Å². The zero-order valence-electron chi connectivity index (χ0n) is 26.7. The largest absolute Gasteiger partial charge is 0.508 e. The molecule has 0 aliphatic heterocycles. The Morgan fingerprint density at radius 2 is 1.07 bits per heavy atom. The number of hydrogen-bond donors (Lipinski definition) is 5. The number of phenols is 2. The topological polar surface area (TPSA) is 199 Å². The molecule has 0 aliphatic carbocycles. The van der Waals surface area contributed by atoms with Gasteiger partial charge in [-0.2, -0.15) is 0 Å². The van der Waals surface area contributed by atoms with Crippen LogP contribution in [0.2, 0.25) is 0 Å². The van der Waals surface area contributed by atoms with Crippen molar-refractivity contribution in [2.45, 2.75) is 65.6 Å². The quantitative estimate of drug-likeness (QED) is 0.121. The highest BCUT2D eigenvalue weighted by Gasteiger charge is 2.16. The summed E-state index contributed by atoms with van der Waals surface area (Å²) in [6.45, 7) is 12.0. The van der Waals surface area contributed by atoms with Crippen molar-refractivity contribution in [2.75, 3.05) is 33.4 Å². The fourth-order valence-corrected chi connectivity index (χ4v) is 3.23. The molecule has 0 spiro atoms. The number of hydrogen-bond acceptors (Lipinski definition) is 11. The third kappa shape index (κ3) is 17.7. The van der Waals surface area contributed by atoms with Crippen LogP contribution in [-0.4, -0.2) is 84.1 Å². The molecule has 0 radical (unpaired) electrons. The van der Waals surface area contributed by atoms with Gasteiger partial charge >= 0.3 is 24.1 Å². The zero-order valence-corrected chi connectivity index (χ0v) is 26.7. The Labute approximate surface area is 262 Å². The highest BCUT2D eigenvalue weighted by atomic mass is 16.6. The number of ether oxygens (including phenoxy) is 5. The number of aromatic hydroxyl groups is 2. The molecule has 0 saturated heterocycles. The van der Waals surface area contributed by atoms with Gasteiger partial charge in [0.2, 0.25) is 0 Å². The number of carbonyl (C=O) groups excluding carboxylic acids is 3. The van der Waals surface area contributed by atoms with Gasteiger partial charge in [-0.15, -0.1) is 0 Å². The van der Waals surface area contributed by atoms with Crippen LogP contribution < -0.4 is 20.1 Å². The molecule has 0 unspecified atom stereocenters. The lowest BCUT2D eigenvalue weighted by Crippen LogP contribution is -2.33. The molecule has 0 aliphatic rings. The molecule has 2 aromatic rings. The molecule has 250 valence electrons. The maximum Gasteiger partial charge on any atom is 0.407 e. The molecule has 0 atom stereocenters. The van der Waals surface area contributed by atoms with Crippen molar-refractivity contribution in [3.05, 3.63) is 47.5 Å². The number of esters is 1. The van der Waals surface area contributed by atoms with E-state index < -0.39 is 35.3 Å². The van der Waals surface area contributed by atoms with Crippen molar-refractivity contribution >= 4 is 24.1 Å². The van der Waals surface area contributed by atoms with Crippen molar-refractivity contribution in [1.82, 2.24) is 10.6 Å². The number of alkyl carbamates (subject to hydrolysis) is 2. The van der Waals surface area contributed by atoms with Crippen molar-refractivity contribution in [3.8, 4) is 23.0 Å². The van der Waals surface area contributed by atoms with E-state index in [1.807, 2.05) is 0 Å². The van der Waals surface area contributed by atoms with Crippen LogP contribution in [0.4, 0.5) is 9.59 Å². The van der Waals surface area contributed by atoms with E-state index in [4.69, 9.17) is 24.1 Å². The lowest BCUT2D eigenvalue weighted by Gasteiger charge is -2.19. The van der Waals surface area contributed by atoms with Gasteiger partial charge in [0.05, 0.1) is 31.5 Å². The van der Waals surface area contributed by atoms with Gasteiger partial charge in [0, 0.05) is 25.2 Å². The Morgan fingerprint density at radius 1 is 0.667 bits per heavy atom. The highest BCUT2D eigenvalue weighted by molar-refractivity contribution is 5.90. The second-order valence-corrected chi connectivity index (χ2v) is 11.5. The molecule has 45 heavy (non-hydrogen) atoms. The first kappa shape index (κ1) is 38.1. The number of carboxylic acids is 1. The minimum absolute atomic E-state index is 0.0538. The summed E-state index contributed by atoms with van der Waals surface area (Å²) in [6.07, 6.45) is 0.0700. The first-order chi connectivity index (χ1) is 20.9. The molecular formula is C31H44N2O12. The van der Waals surface area contributed by atoms with E-state index in [2.05, 4.69) is 15.4 Å². The summed E-state index contributed by atoms with van der Waals surface area (Å²) in [6, 6.07) is 7.96. The average Bonchev–Trinajstić information content (AvgIpc) is 2.90. The maximum atomic E-state index is 11.4. The number of nitrogens with one attached hydrogen (secondary N) is 2. The van der Waals surface area contributed by atoms with Gasteiger partial charge in [-0.1, -0.05) is 0 Å². The van der Waals surface area contributed by atoms with Crippen LogP contribution in [0.15, 0.2) is 36.4 Å². The smallest absolute Gasteiger partial charge is 0.407 e. The monoisotopic (exact) mass is 636 g/mol. The minimum atomic E-state index is -1.15. The van der Waals surface area contributed by atoms with E-state index in [9.17, 15) is 29.4 Å². The van der Waals surface area contributed by atoms with Gasteiger partial charge in [0.15, 0.2) is 0 Å². The summed E-state index contributed by atoms with van der Waals surface area (Å²) in [7, 11) is 1.26. The summed E-state index contributed by atoms with van der Waals surface area (Å²) >= 11 is 0.